The molecule has 0 saturated heterocycles. The van der Waals surface area contributed by atoms with Crippen LogP contribution in [0, 0.1) is 0 Å². The van der Waals surface area contributed by atoms with Crippen molar-refractivity contribution in [1.82, 2.24) is 10.6 Å². The van der Waals surface area contributed by atoms with Crippen LogP contribution in [-0.4, -0.2) is 47.4 Å². The Kier molecular flexibility index (Phi) is 7.76. The van der Waals surface area contributed by atoms with E-state index in [1.54, 1.807) is 39.5 Å². The van der Waals surface area contributed by atoms with Gasteiger partial charge in [0, 0.05) is 36.8 Å². The lowest BCUT2D eigenvalue weighted by molar-refractivity contribution is 0.0953. The predicted molar refractivity (Wildman–Crippen MR) is 103 cm³/mol. The summed E-state index contributed by atoms with van der Waals surface area (Å²) in [5.74, 6) is 2.45. The number of carbonyl (C=O) groups excluding carboxylic acids is 1. The Morgan fingerprint density at radius 3 is 2.22 bits per heavy atom. The summed E-state index contributed by atoms with van der Waals surface area (Å²) in [6.45, 7) is 1.74. The molecule has 2 aromatic rings. The molecule has 0 heterocycles. The van der Waals surface area contributed by atoms with E-state index in [9.17, 15) is 4.79 Å². The van der Waals surface area contributed by atoms with Crippen molar-refractivity contribution in [1.29, 1.82) is 0 Å². The molecule has 0 radical (unpaired) electrons. The molecule has 0 aliphatic carbocycles. The molecule has 146 valence electrons. The van der Waals surface area contributed by atoms with Crippen LogP contribution in [0.3, 0.4) is 0 Å². The zero-order chi connectivity index (χ0) is 19.6. The first kappa shape index (κ1) is 20.4. The fourth-order valence-electron chi connectivity index (χ4n) is 2.56. The van der Waals surface area contributed by atoms with E-state index in [-0.39, 0.29) is 5.91 Å². The highest BCUT2D eigenvalue weighted by molar-refractivity contribution is 5.94. The third-order valence-corrected chi connectivity index (χ3v) is 4.04. The second kappa shape index (κ2) is 10.3. The van der Waals surface area contributed by atoms with Gasteiger partial charge in [-0.2, -0.15) is 0 Å². The maximum Gasteiger partial charge on any atom is 0.251 e. The molecule has 0 unspecified atom stereocenters. The number of hydrogen-bond donors (Lipinski definition) is 2. The molecule has 0 saturated carbocycles. The molecule has 0 bridgehead atoms. The van der Waals surface area contributed by atoms with Crippen LogP contribution in [-0.2, 0) is 6.54 Å². The minimum Gasteiger partial charge on any atom is -0.497 e. The van der Waals surface area contributed by atoms with Gasteiger partial charge in [-0.15, -0.1) is 0 Å². The second-order valence-corrected chi connectivity index (χ2v) is 5.68. The Hall–Kier alpha value is -2.93. The molecule has 1 amide bonds. The lowest BCUT2D eigenvalue weighted by atomic mass is 10.2. The molecule has 0 fully saturated rings. The summed E-state index contributed by atoms with van der Waals surface area (Å²) in [4.78, 5) is 12.2. The number of benzene rings is 2. The number of carbonyl (C=O) groups is 1. The van der Waals surface area contributed by atoms with Crippen molar-refractivity contribution in [2.45, 2.75) is 6.54 Å². The Morgan fingerprint density at radius 1 is 0.815 bits per heavy atom. The standard InChI is InChI=1S/C20H26N2O5/c1-24-16-7-5-15(18(12-16)26-3)13-21-9-10-22-20(23)14-6-8-17(25-2)19(11-14)27-4/h5-8,11-12,21H,9-10,13H2,1-4H3,(H,22,23). The monoisotopic (exact) mass is 374 g/mol. The largest absolute Gasteiger partial charge is 0.497 e. The number of amides is 1. The fraction of sp³-hybridized carbons (Fsp3) is 0.350. The highest BCUT2D eigenvalue weighted by Gasteiger charge is 2.10. The van der Waals surface area contributed by atoms with E-state index in [2.05, 4.69) is 10.6 Å². The van der Waals surface area contributed by atoms with Gasteiger partial charge in [-0.3, -0.25) is 4.79 Å². The zero-order valence-electron chi connectivity index (χ0n) is 16.1. The number of nitrogens with one attached hydrogen (secondary N) is 2. The molecule has 2 N–H and O–H groups in total. The normalized spacial score (nSPS) is 10.2. The predicted octanol–water partition coefficient (Wildman–Crippen LogP) is 2.24. The van der Waals surface area contributed by atoms with E-state index in [1.807, 2.05) is 18.2 Å². The highest BCUT2D eigenvalue weighted by Crippen LogP contribution is 2.27. The molecule has 0 aromatic heterocycles. The fourth-order valence-corrected chi connectivity index (χ4v) is 2.56. The average molecular weight is 374 g/mol. The van der Waals surface area contributed by atoms with E-state index >= 15 is 0 Å². The Bertz CT molecular complexity index is 764. The number of methoxy groups -OCH3 is 4. The van der Waals surface area contributed by atoms with Gasteiger partial charge in [0.15, 0.2) is 11.5 Å². The van der Waals surface area contributed by atoms with Crippen LogP contribution < -0.4 is 29.6 Å². The van der Waals surface area contributed by atoms with Crippen molar-refractivity contribution < 1.29 is 23.7 Å². The second-order valence-electron chi connectivity index (χ2n) is 5.68. The van der Waals surface area contributed by atoms with Crippen molar-refractivity contribution in [3.8, 4) is 23.0 Å². The molecule has 0 aliphatic heterocycles. The van der Waals surface area contributed by atoms with E-state index < -0.39 is 0 Å². The third kappa shape index (κ3) is 5.52. The Balaban J connectivity index is 1.81. The maximum atomic E-state index is 12.2. The van der Waals surface area contributed by atoms with Crippen LogP contribution in [0.2, 0.25) is 0 Å². The smallest absolute Gasteiger partial charge is 0.251 e. The average Bonchev–Trinajstić information content (AvgIpc) is 2.72. The SMILES string of the molecule is COc1ccc(CNCCNC(=O)c2ccc(OC)c(OC)c2)c(OC)c1. The van der Waals surface area contributed by atoms with Gasteiger partial charge in [-0.25, -0.2) is 0 Å². The highest BCUT2D eigenvalue weighted by atomic mass is 16.5. The summed E-state index contributed by atoms with van der Waals surface area (Å²) in [5.41, 5.74) is 1.54. The van der Waals surface area contributed by atoms with Crippen LogP contribution in [0.25, 0.3) is 0 Å². The van der Waals surface area contributed by atoms with E-state index in [0.29, 0.717) is 36.7 Å². The maximum absolute atomic E-state index is 12.2. The van der Waals surface area contributed by atoms with Gasteiger partial charge in [-0.1, -0.05) is 6.07 Å². The van der Waals surface area contributed by atoms with E-state index in [0.717, 1.165) is 17.1 Å². The van der Waals surface area contributed by atoms with Gasteiger partial charge in [0.2, 0.25) is 0 Å². The quantitative estimate of drug-likeness (QED) is 0.621. The third-order valence-electron chi connectivity index (χ3n) is 4.04. The van der Waals surface area contributed by atoms with Gasteiger partial charge in [0.25, 0.3) is 5.91 Å². The van der Waals surface area contributed by atoms with Crippen LogP contribution >= 0.6 is 0 Å². The summed E-state index contributed by atoms with van der Waals surface area (Å²) in [5, 5.41) is 6.15. The summed E-state index contributed by atoms with van der Waals surface area (Å²) < 4.78 is 21.0. The first-order valence-electron chi connectivity index (χ1n) is 8.54. The van der Waals surface area contributed by atoms with E-state index in [1.165, 1.54) is 7.11 Å². The van der Waals surface area contributed by atoms with Gasteiger partial charge in [0.05, 0.1) is 28.4 Å². The minimum absolute atomic E-state index is 0.167. The Labute approximate surface area is 159 Å². The number of hydrogen-bond acceptors (Lipinski definition) is 6. The van der Waals surface area contributed by atoms with Crippen LogP contribution in [0.15, 0.2) is 36.4 Å². The number of rotatable bonds is 10. The van der Waals surface area contributed by atoms with Gasteiger partial charge < -0.3 is 29.6 Å². The molecule has 2 rings (SSSR count). The molecule has 27 heavy (non-hydrogen) atoms. The van der Waals surface area contributed by atoms with Gasteiger partial charge >= 0.3 is 0 Å². The van der Waals surface area contributed by atoms with Crippen molar-refractivity contribution in [3.05, 3.63) is 47.5 Å². The lowest BCUT2D eigenvalue weighted by Gasteiger charge is -2.12. The van der Waals surface area contributed by atoms with Crippen molar-refractivity contribution in [3.63, 3.8) is 0 Å². The summed E-state index contributed by atoms with van der Waals surface area (Å²) in [6, 6.07) is 10.7. The zero-order valence-corrected chi connectivity index (χ0v) is 16.1. The number of ether oxygens (including phenoxy) is 4. The lowest BCUT2D eigenvalue weighted by Crippen LogP contribution is -2.31. The molecule has 7 heteroatoms. The first-order valence-corrected chi connectivity index (χ1v) is 8.54. The summed E-state index contributed by atoms with van der Waals surface area (Å²) in [7, 11) is 6.34. The first-order chi connectivity index (χ1) is 13.1. The minimum atomic E-state index is -0.167. The molecular weight excluding hydrogens is 348 g/mol. The van der Waals surface area contributed by atoms with Crippen molar-refractivity contribution >= 4 is 5.91 Å². The molecule has 0 atom stereocenters. The van der Waals surface area contributed by atoms with Gasteiger partial charge in [0.1, 0.15) is 11.5 Å². The van der Waals surface area contributed by atoms with Crippen molar-refractivity contribution in [2.24, 2.45) is 0 Å². The summed E-state index contributed by atoms with van der Waals surface area (Å²) >= 11 is 0. The topological polar surface area (TPSA) is 78.1 Å². The summed E-state index contributed by atoms with van der Waals surface area (Å²) in [6.07, 6.45) is 0. The molecule has 7 nitrogen and oxygen atoms in total. The van der Waals surface area contributed by atoms with Crippen LogP contribution in [0.4, 0.5) is 0 Å². The van der Waals surface area contributed by atoms with Crippen LogP contribution in [0.5, 0.6) is 23.0 Å². The molecule has 0 spiro atoms. The molecular formula is C20H26N2O5. The Morgan fingerprint density at radius 2 is 1.56 bits per heavy atom. The van der Waals surface area contributed by atoms with Gasteiger partial charge in [-0.05, 0) is 24.3 Å². The van der Waals surface area contributed by atoms with Crippen LogP contribution in [0.1, 0.15) is 15.9 Å². The van der Waals surface area contributed by atoms with Crippen molar-refractivity contribution in [2.75, 3.05) is 41.5 Å². The molecule has 2 aromatic carbocycles. The molecule has 0 aliphatic rings. The van der Waals surface area contributed by atoms with E-state index in [4.69, 9.17) is 18.9 Å².